The maximum absolute atomic E-state index is 12.5. The van der Waals surface area contributed by atoms with Crippen LogP contribution in [0.3, 0.4) is 0 Å². The highest BCUT2D eigenvalue weighted by atomic mass is 16.4. The molecular weight excluding hydrogens is 434 g/mol. The molecule has 0 heterocycles. The molecule has 0 atom stereocenters. The van der Waals surface area contributed by atoms with E-state index in [1.807, 2.05) is 30.3 Å². The van der Waals surface area contributed by atoms with Gasteiger partial charge in [0, 0.05) is 11.4 Å². The van der Waals surface area contributed by atoms with Crippen molar-refractivity contribution in [3.05, 3.63) is 95.7 Å². The Labute approximate surface area is 196 Å². The highest BCUT2D eigenvalue weighted by molar-refractivity contribution is 5.97. The molecule has 3 aromatic carbocycles. The lowest BCUT2D eigenvalue weighted by Crippen LogP contribution is -2.42. The highest BCUT2D eigenvalue weighted by Crippen LogP contribution is 2.22. The van der Waals surface area contributed by atoms with Crippen LogP contribution in [0.5, 0.6) is 0 Å². The number of carbonyl (C=O) groups excluding carboxylic acids is 3. The Balaban J connectivity index is 1.66. The van der Waals surface area contributed by atoms with Crippen molar-refractivity contribution in [3.63, 3.8) is 0 Å². The van der Waals surface area contributed by atoms with Crippen LogP contribution in [0, 0.1) is 0 Å². The Hall–Kier alpha value is -4.72. The van der Waals surface area contributed by atoms with E-state index in [0.29, 0.717) is 17.8 Å². The fourth-order valence-corrected chi connectivity index (χ4v) is 3.20. The fraction of sp³-hybridized carbons (Fsp3) is 0.0769. The van der Waals surface area contributed by atoms with Crippen molar-refractivity contribution in [2.45, 2.75) is 6.92 Å². The van der Waals surface area contributed by atoms with Crippen LogP contribution in [0.2, 0.25) is 0 Å². The third-order valence-electron chi connectivity index (χ3n) is 4.78. The zero-order chi connectivity index (χ0) is 24.5. The van der Waals surface area contributed by atoms with Gasteiger partial charge in [0.1, 0.15) is 6.54 Å². The van der Waals surface area contributed by atoms with Crippen LogP contribution >= 0.6 is 0 Å². The second-order valence-corrected chi connectivity index (χ2v) is 7.42. The average Bonchev–Trinajstić information content (AvgIpc) is 2.83. The van der Waals surface area contributed by atoms with Crippen molar-refractivity contribution in [1.82, 2.24) is 10.2 Å². The molecule has 0 bridgehead atoms. The first-order valence-corrected chi connectivity index (χ1v) is 10.4. The Morgan fingerprint density at radius 1 is 0.912 bits per heavy atom. The van der Waals surface area contributed by atoms with Crippen molar-refractivity contribution < 1.29 is 24.3 Å². The van der Waals surface area contributed by atoms with Gasteiger partial charge in [-0.15, -0.1) is 0 Å². The van der Waals surface area contributed by atoms with Crippen LogP contribution in [-0.2, 0) is 9.59 Å². The van der Waals surface area contributed by atoms with Crippen LogP contribution in [0.25, 0.3) is 17.2 Å². The van der Waals surface area contributed by atoms with Crippen molar-refractivity contribution in [3.8, 4) is 11.1 Å². The topological polar surface area (TPSA) is 116 Å². The molecular formula is C26H23N3O5. The number of carboxylic acid groups (broad SMARTS) is 1. The molecule has 0 aliphatic rings. The molecule has 0 aliphatic carbocycles. The lowest BCUT2D eigenvalue weighted by Gasteiger charge is -2.16. The van der Waals surface area contributed by atoms with E-state index in [0.717, 1.165) is 21.6 Å². The van der Waals surface area contributed by atoms with E-state index in [2.05, 4.69) is 10.6 Å². The van der Waals surface area contributed by atoms with Gasteiger partial charge in [-0.1, -0.05) is 48.5 Å². The van der Waals surface area contributed by atoms with Crippen LogP contribution in [0.1, 0.15) is 22.8 Å². The van der Waals surface area contributed by atoms with Gasteiger partial charge in [-0.25, -0.2) is 9.59 Å². The second-order valence-electron chi connectivity index (χ2n) is 7.42. The number of hydrogen-bond acceptors (Lipinski definition) is 4. The molecule has 4 amide bonds. The first-order chi connectivity index (χ1) is 16.4. The van der Waals surface area contributed by atoms with E-state index in [1.54, 1.807) is 55.5 Å². The molecule has 8 heteroatoms. The number of nitrogens with one attached hydrogen (secondary N) is 2. The van der Waals surface area contributed by atoms with Gasteiger partial charge in [-0.05, 0) is 60.0 Å². The summed E-state index contributed by atoms with van der Waals surface area (Å²) in [5.41, 5.74) is 3.51. The van der Waals surface area contributed by atoms with E-state index in [-0.39, 0.29) is 5.56 Å². The first kappa shape index (κ1) is 23.9. The van der Waals surface area contributed by atoms with Crippen molar-refractivity contribution >= 4 is 36.1 Å². The summed E-state index contributed by atoms with van der Waals surface area (Å²) in [6.45, 7) is 1.22. The molecule has 0 aliphatic heterocycles. The fourth-order valence-electron chi connectivity index (χ4n) is 3.20. The van der Waals surface area contributed by atoms with Crippen LogP contribution in [-0.4, -0.2) is 40.9 Å². The minimum atomic E-state index is -1.01. The van der Waals surface area contributed by atoms with Gasteiger partial charge >= 0.3 is 12.0 Å². The summed E-state index contributed by atoms with van der Waals surface area (Å²) in [6.07, 6.45) is 2.00. The van der Waals surface area contributed by atoms with E-state index < -0.39 is 24.5 Å². The Morgan fingerprint density at radius 3 is 2.26 bits per heavy atom. The van der Waals surface area contributed by atoms with Crippen molar-refractivity contribution in [1.29, 1.82) is 0 Å². The number of nitrogens with zero attached hydrogens (tertiary/aromatic N) is 1. The predicted octanol–water partition coefficient (Wildman–Crippen LogP) is 4.22. The minimum absolute atomic E-state index is 0.187. The summed E-state index contributed by atoms with van der Waals surface area (Å²) in [4.78, 5) is 48.0. The van der Waals surface area contributed by atoms with Gasteiger partial charge < -0.3 is 15.7 Å². The smallest absolute Gasteiger partial charge is 0.335 e. The highest BCUT2D eigenvalue weighted by Gasteiger charge is 2.17. The molecule has 34 heavy (non-hydrogen) atoms. The minimum Gasteiger partial charge on any atom is -0.478 e. The molecule has 0 saturated heterocycles. The van der Waals surface area contributed by atoms with Gasteiger partial charge in [0.05, 0.1) is 5.56 Å². The molecule has 0 aromatic heterocycles. The molecule has 172 valence electrons. The van der Waals surface area contributed by atoms with E-state index >= 15 is 0 Å². The van der Waals surface area contributed by atoms with E-state index in [4.69, 9.17) is 0 Å². The summed E-state index contributed by atoms with van der Waals surface area (Å²) >= 11 is 0. The molecule has 3 aromatic rings. The zero-order valence-corrected chi connectivity index (χ0v) is 18.4. The lowest BCUT2D eigenvalue weighted by atomic mass is 10.0. The van der Waals surface area contributed by atoms with Gasteiger partial charge in [0.25, 0.3) is 0 Å². The number of hydrogen-bond donors (Lipinski definition) is 3. The number of rotatable bonds is 8. The number of aromatic carboxylic acids is 1. The molecule has 0 fully saturated rings. The lowest BCUT2D eigenvalue weighted by molar-refractivity contribution is -0.123. The van der Waals surface area contributed by atoms with Gasteiger partial charge in [-0.2, -0.15) is 0 Å². The number of imide groups is 1. The van der Waals surface area contributed by atoms with E-state index in [1.165, 1.54) is 6.07 Å². The van der Waals surface area contributed by atoms with Crippen molar-refractivity contribution in [2.75, 3.05) is 11.9 Å². The number of carbonyl (C=O) groups is 4. The molecule has 0 saturated carbocycles. The maximum atomic E-state index is 12.5. The molecule has 3 N–H and O–H groups in total. The molecule has 0 spiro atoms. The molecule has 0 radical (unpaired) electrons. The standard InChI is InChI=1S/C26H23N3O5/c1-18(27-26(34)29(17-30)16-24(31)28-23-11-3-2-4-12-23)13-19-7-5-8-20(14-19)21-9-6-10-22(15-21)25(32)33/h2-15,17H,16H2,1H3,(H,27,34)(H,28,31)(H,32,33)/b18-13-. The SMILES string of the molecule is C/C(=C/c1cccc(-c2cccc(C(=O)O)c2)c1)NC(=O)N(C=O)CC(=O)Nc1ccccc1. The summed E-state index contributed by atoms with van der Waals surface area (Å²) in [5.74, 6) is -1.51. The maximum Gasteiger partial charge on any atom is 0.335 e. The Morgan fingerprint density at radius 2 is 1.59 bits per heavy atom. The number of anilines is 1. The van der Waals surface area contributed by atoms with Crippen molar-refractivity contribution in [2.24, 2.45) is 0 Å². The molecule has 8 nitrogen and oxygen atoms in total. The average molecular weight is 457 g/mol. The first-order valence-electron chi connectivity index (χ1n) is 10.4. The summed E-state index contributed by atoms with van der Waals surface area (Å²) < 4.78 is 0. The number of allylic oxidation sites excluding steroid dienone is 1. The Kier molecular flexibility index (Phi) is 7.91. The van der Waals surface area contributed by atoms with Gasteiger partial charge in [0.2, 0.25) is 12.3 Å². The summed E-state index contributed by atoms with van der Waals surface area (Å²) in [5, 5.41) is 14.4. The number of amides is 4. The second kappa shape index (κ2) is 11.2. The predicted molar refractivity (Wildman–Crippen MR) is 129 cm³/mol. The van der Waals surface area contributed by atoms with Crippen LogP contribution in [0.15, 0.2) is 84.6 Å². The number of para-hydroxylation sites is 1. The summed E-state index contributed by atoms with van der Waals surface area (Å²) in [7, 11) is 0. The molecule has 3 rings (SSSR count). The summed E-state index contributed by atoms with van der Waals surface area (Å²) in [6, 6.07) is 21.9. The van der Waals surface area contributed by atoms with Crippen LogP contribution in [0.4, 0.5) is 10.5 Å². The third-order valence-corrected chi connectivity index (χ3v) is 4.78. The largest absolute Gasteiger partial charge is 0.478 e. The monoisotopic (exact) mass is 457 g/mol. The number of urea groups is 1. The van der Waals surface area contributed by atoms with Gasteiger partial charge in [-0.3, -0.25) is 14.5 Å². The normalized spacial score (nSPS) is 10.8. The van der Waals surface area contributed by atoms with E-state index in [9.17, 15) is 24.3 Å². The van der Waals surface area contributed by atoms with Crippen LogP contribution < -0.4 is 10.6 Å². The Bertz CT molecular complexity index is 1240. The quantitative estimate of drug-likeness (QED) is 0.438. The number of benzene rings is 3. The molecule has 0 unspecified atom stereocenters. The number of carboxylic acids is 1. The van der Waals surface area contributed by atoms with Gasteiger partial charge in [0.15, 0.2) is 0 Å². The third kappa shape index (κ3) is 6.64. The zero-order valence-electron chi connectivity index (χ0n) is 18.4.